The Hall–Kier alpha value is -1.66. The van der Waals surface area contributed by atoms with E-state index in [-0.39, 0.29) is 31.1 Å². The Morgan fingerprint density at radius 1 is 1.32 bits per heavy atom. The number of aliphatic hydroxyl groups is 2. The molecule has 0 amide bonds. The molecule has 2 aliphatic rings. The fraction of sp³-hybridized carbons (Fsp3) is 0.727. The summed E-state index contributed by atoms with van der Waals surface area (Å²) in [5, 5.41) is 22.3. The summed E-state index contributed by atoms with van der Waals surface area (Å²) in [5.74, 6) is -1.05. The Kier molecular flexibility index (Phi) is 5.26. The van der Waals surface area contributed by atoms with Crippen LogP contribution in [-0.2, 0) is 20.7 Å². The summed E-state index contributed by atoms with van der Waals surface area (Å²) in [7, 11) is 0. The van der Waals surface area contributed by atoms with E-state index in [1.807, 2.05) is 19.9 Å². The summed E-state index contributed by atoms with van der Waals surface area (Å²) in [6, 6.07) is 1.83. The minimum absolute atomic E-state index is 0.0391. The molecule has 28 heavy (non-hydrogen) atoms. The summed E-state index contributed by atoms with van der Waals surface area (Å²) >= 11 is 0. The zero-order valence-electron chi connectivity index (χ0n) is 17.3. The Morgan fingerprint density at radius 2 is 2.04 bits per heavy atom. The molecular formula is C22H32O6. The molecule has 6 heteroatoms. The summed E-state index contributed by atoms with van der Waals surface area (Å²) < 4.78 is 10.7. The third kappa shape index (κ3) is 2.92. The molecule has 1 heterocycles. The van der Waals surface area contributed by atoms with E-state index in [1.54, 1.807) is 19.5 Å². The van der Waals surface area contributed by atoms with Crippen molar-refractivity contribution < 1.29 is 29.0 Å². The SMILES string of the molecule is CC(=O)OC1(C)C(=O)CC2C(C)(CO)CCCC2(C)C1(O)CCc1ccoc1. The van der Waals surface area contributed by atoms with E-state index in [1.165, 1.54) is 6.92 Å². The lowest BCUT2D eigenvalue weighted by Gasteiger charge is -2.65. The number of aliphatic hydroxyl groups excluding tert-OH is 1. The van der Waals surface area contributed by atoms with Crippen LogP contribution in [0.25, 0.3) is 0 Å². The average molecular weight is 392 g/mol. The van der Waals surface area contributed by atoms with Gasteiger partial charge in [-0.25, -0.2) is 0 Å². The van der Waals surface area contributed by atoms with Crippen molar-refractivity contribution in [1.29, 1.82) is 0 Å². The molecule has 1 aromatic heterocycles. The number of esters is 1. The zero-order chi connectivity index (χ0) is 20.8. The highest BCUT2D eigenvalue weighted by Crippen LogP contribution is 2.64. The molecule has 6 nitrogen and oxygen atoms in total. The van der Waals surface area contributed by atoms with Crippen molar-refractivity contribution in [1.82, 2.24) is 0 Å². The number of carbonyl (C=O) groups excluding carboxylic acids is 2. The van der Waals surface area contributed by atoms with E-state index >= 15 is 0 Å². The number of furan rings is 1. The molecule has 2 N–H and O–H groups in total. The number of ether oxygens (including phenoxy) is 1. The van der Waals surface area contributed by atoms with Crippen LogP contribution in [0.2, 0.25) is 0 Å². The minimum Gasteiger partial charge on any atom is -0.472 e. The second-order valence-corrected chi connectivity index (χ2v) is 9.38. The lowest BCUT2D eigenvalue weighted by Crippen LogP contribution is -2.74. The number of fused-ring (bicyclic) bond motifs is 1. The van der Waals surface area contributed by atoms with Gasteiger partial charge < -0.3 is 19.4 Å². The van der Waals surface area contributed by atoms with Crippen LogP contribution in [0.3, 0.4) is 0 Å². The van der Waals surface area contributed by atoms with Crippen molar-refractivity contribution in [3.8, 4) is 0 Å². The van der Waals surface area contributed by atoms with Gasteiger partial charge in [-0.15, -0.1) is 0 Å². The highest BCUT2D eigenvalue weighted by Gasteiger charge is 2.71. The maximum atomic E-state index is 13.3. The summed E-state index contributed by atoms with van der Waals surface area (Å²) in [6.07, 6.45) is 6.48. The maximum absolute atomic E-state index is 13.3. The van der Waals surface area contributed by atoms with Gasteiger partial charge in [0.15, 0.2) is 11.4 Å². The molecule has 5 unspecified atom stereocenters. The summed E-state index contributed by atoms with van der Waals surface area (Å²) in [6.45, 7) is 6.77. The van der Waals surface area contributed by atoms with Gasteiger partial charge in [-0.1, -0.05) is 20.3 Å². The van der Waals surface area contributed by atoms with Crippen molar-refractivity contribution in [2.45, 2.75) is 77.4 Å². The lowest BCUT2D eigenvalue weighted by molar-refractivity contribution is -0.268. The number of ketones is 1. The van der Waals surface area contributed by atoms with Gasteiger partial charge in [-0.2, -0.15) is 0 Å². The van der Waals surface area contributed by atoms with Gasteiger partial charge in [0.2, 0.25) is 0 Å². The normalized spacial score (nSPS) is 40.8. The molecular weight excluding hydrogens is 360 g/mol. The van der Waals surface area contributed by atoms with Crippen LogP contribution in [0.15, 0.2) is 23.0 Å². The van der Waals surface area contributed by atoms with Crippen LogP contribution in [-0.4, -0.2) is 39.8 Å². The van der Waals surface area contributed by atoms with Gasteiger partial charge >= 0.3 is 5.97 Å². The van der Waals surface area contributed by atoms with Crippen molar-refractivity contribution in [3.05, 3.63) is 24.2 Å². The van der Waals surface area contributed by atoms with E-state index in [2.05, 4.69) is 0 Å². The molecule has 0 spiro atoms. The number of carbonyl (C=O) groups is 2. The Bertz CT molecular complexity index is 742. The highest BCUT2D eigenvalue weighted by atomic mass is 16.6. The van der Waals surface area contributed by atoms with E-state index in [0.717, 1.165) is 18.4 Å². The van der Waals surface area contributed by atoms with E-state index in [0.29, 0.717) is 12.8 Å². The average Bonchev–Trinajstić information content (AvgIpc) is 3.14. The Morgan fingerprint density at radius 3 is 2.61 bits per heavy atom. The summed E-state index contributed by atoms with van der Waals surface area (Å²) in [4.78, 5) is 25.2. The van der Waals surface area contributed by atoms with Crippen LogP contribution in [0.5, 0.6) is 0 Å². The van der Waals surface area contributed by atoms with E-state index < -0.39 is 28.0 Å². The van der Waals surface area contributed by atoms with Gasteiger partial charge in [-0.05, 0) is 55.6 Å². The Labute approximate surface area is 166 Å². The van der Waals surface area contributed by atoms with Crippen molar-refractivity contribution >= 4 is 11.8 Å². The van der Waals surface area contributed by atoms with Gasteiger partial charge in [-0.3, -0.25) is 9.59 Å². The van der Waals surface area contributed by atoms with E-state index in [9.17, 15) is 19.8 Å². The number of aryl methyl sites for hydroxylation is 1. The summed E-state index contributed by atoms with van der Waals surface area (Å²) in [5.41, 5.74) is -3.40. The number of rotatable bonds is 5. The topological polar surface area (TPSA) is 97.0 Å². The van der Waals surface area contributed by atoms with Gasteiger partial charge in [0, 0.05) is 25.4 Å². The van der Waals surface area contributed by atoms with Crippen LogP contribution < -0.4 is 0 Å². The molecule has 2 fully saturated rings. The molecule has 3 rings (SSSR count). The second kappa shape index (κ2) is 6.99. The van der Waals surface area contributed by atoms with Gasteiger partial charge in [0.05, 0.1) is 12.5 Å². The van der Waals surface area contributed by atoms with E-state index in [4.69, 9.17) is 9.15 Å². The van der Waals surface area contributed by atoms with Gasteiger partial charge in [0.1, 0.15) is 5.60 Å². The van der Waals surface area contributed by atoms with Gasteiger partial charge in [0.25, 0.3) is 0 Å². The third-order valence-electron chi connectivity index (χ3n) is 7.77. The largest absolute Gasteiger partial charge is 0.472 e. The third-order valence-corrected chi connectivity index (χ3v) is 7.77. The quantitative estimate of drug-likeness (QED) is 0.748. The fourth-order valence-electron chi connectivity index (χ4n) is 6.00. The predicted molar refractivity (Wildman–Crippen MR) is 102 cm³/mol. The lowest BCUT2D eigenvalue weighted by atomic mass is 9.42. The monoisotopic (exact) mass is 392 g/mol. The molecule has 5 atom stereocenters. The molecule has 0 saturated heterocycles. The smallest absolute Gasteiger partial charge is 0.303 e. The zero-order valence-corrected chi connectivity index (χ0v) is 17.3. The molecule has 156 valence electrons. The standard InChI is InChI=1S/C22H32O6/c1-15(24)28-21(4)18(25)12-17-19(2,14-23)8-5-9-20(17,3)22(21,26)10-6-16-7-11-27-13-16/h7,11,13,17,23,26H,5-6,8-10,12,14H2,1-4H3. The predicted octanol–water partition coefficient (Wildman–Crippen LogP) is 3.04. The van der Waals surface area contributed by atoms with Crippen molar-refractivity contribution in [2.24, 2.45) is 16.7 Å². The van der Waals surface area contributed by atoms with Crippen LogP contribution in [0.4, 0.5) is 0 Å². The second-order valence-electron chi connectivity index (χ2n) is 9.38. The Balaban J connectivity index is 2.10. The van der Waals surface area contributed by atoms with Crippen molar-refractivity contribution in [3.63, 3.8) is 0 Å². The molecule has 0 aromatic carbocycles. The first-order chi connectivity index (χ1) is 13.0. The first kappa shape index (κ1) is 21.1. The molecule has 0 aliphatic heterocycles. The molecule has 2 aliphatic carbocycles. The van der Waals surface area contributed by atoms with Crippen molar-refractivity contribution in [2.75, 3.05) is 6.61 Å². The molecule has 1 aromatic rings. The molecule has 0 radical (unpaired) electrons. The number of Topliss-reactive ketones (excluding diaryl/α,β-unsaturated/α-hetero) is 1. The van der Waals surface area contributed by atoms with Crippen LogP contribution in [0.1, 0.15) is 65.4 Å². The van der Waals surface area contributed by atoms with Crippen LogP contribution in [0, 0.1) is 16.7 Å². The minimum atomic E-state index is -1.62. The number of hydrogen-bond donors (Lipinski definition) is 2. The number of hydrogen-bond acceptors (Lipinski definition) is 6. The highest BCUT2D eigenvalue weighted by molar-refractivity contribution is 5.92. The first-order valence-electron chi connectivity index (χ1n) is 10.1. The maximum Gasteiger partial charge on any atom is 0.303 e. The fourth-order valence-corrected chi connectivity index (χ4v) is 6.00. The first-order valence-corrected chi connectivity index (χ1v) is 10.1. The molecule has 0 bridgehead atoms. The molecule has 2 saturated carbocycles. The van der Waals surface area contributed by atoms with Crippen LogP contribution >= 0.6 is 0 Å².